The molecule has 3 aromatic rings. The van der Waals surface area contributed by atoms with E-state index in [1.54, 1.807) is 35.6 Å². The average molecular weight is 420 g/mol. The Balaban J connectivity index is 1.56. The van der Waals surface area contributed by atoms with Gasteiger partial charge in [0, 0.05) is 17.3 Å². The molecule has 1 atom stereocenters. The van der Waals surface area contributed by atoms with Crippen LogP contribution in [-0.2, 0) is 22.4 Å². The van der Waals surface area contributed by atoms with Gasteiger partial charge in [0.1, 0.15) is 11.1 Å². The summed E-state index contributed by atoms with van der Waals surface area (Å²) in [5.41, 5.74) is 2.35. The van der Waals surface area contributed by atoms with Gasteiger partial charge >= 0.3 is 5.97 Å². The fourth-order valence-corrected chi connectivity index (χ4v) is 4.95. The van der Waals surface area contributed by atoms with E-state index in [1.165, 1.54) is 11.8 Å². The molecule has 1 aliphatic carbocycles. The highest BCUT2D eigenvalue weighted by Gasteiger charge is 2.29. The standard InChI is InChI=1S/C23H21N3O3S/c1-15(21(27)25-18-10-4-2-8-16(18)14-24)29-23(28)20-17-9-3-5-11-19(17)30-22(20)26-12-6-7-13-26/h2,4,6-8,10,12-13,15H,3,5,9,11H2,1H3,(H,25,27)/t15-/m0/s1. The van der Waals surface area contributed by atoms with Crippen molar-refractivity contribution in [2.45, 2.75) is 38.7 Å². The number of fused-ring (bicyclic) bond motifs is 1. The third-order valence-electron chi connectivity index (χ3n) is 5.15. The van der Waals surface area contributed by atoms with Gasteiger partial charge in [-0.3, -0.25) is 4.79 Å². The second kappa shape index (κ2) is 8.56. The molecule has 1 aliphatic rings. The Kier molecular flexibility index (Phi) is 5.68. The topological polar surface area (TPSA) is 84.1 Å². The van der Waals surface area contributed by atoms with E-state index in [1.807, 2.05) is 35.2 Å². The molecule has 1 N–H and O–H groups in total. The Morgan fingerprint density at radius 3 is 2.67 bits per heavy atom. The molecule has 0 fully saturated rings. The van der Waals surface area contributed by atoms with Crippen molar-refractivity contribution < 1.29 is 14.3 Å². The van der Waals surface area contributed by atoms with Crippen LogP contribution in [-0.4, -0.2) is 22.5 Å². The number of hydrogen-bond donors (Lipinski definition) is 1. The number of aromatic nitrogens is 1. The monoisotopic (exact) mass is 419 g/mol. The molecule has 152 valence electrons. The zero-order valence-corrected chi connectivity index (χ0v) is 17.4. The summed E-state index contributed by atoms with van der Waals surface area (Å²) in [7, 11) is 0. The summed E-state index contributed by atoms with van der Waals surface area (Å²) in [6.45, 7) is 1.54. The van der Waals surface area contributed by atoms with E-state index in [0.29, 0.717) is 16.8 Å². The van der Waals surface area contributed by atoms with E-state index in [9.17, 15) is 14.9 Å². The molecule has 0 saturated heterocycles. The van der Waals surface area contributed by atoms with Crippen molar-refractivity contribution in [3.8, 4) is 11.1 Å². The van der Waals surface area contributed by atoms with Gasteiger partial charge in [-0.2, -0.15) is 5.26 Å². The minimum Gasteiger partial charge on any atom is -0.449 e. The third-order valence-corrected chi connectivity index (χ3v) is 6.46. The van der Waals surface area contributed by atoms with Crippen molar-refractivity contribution in [1.29, 1.82) is 5.26 Å². The normalized spacial score (nSPS) is 13.7. The lowest BCUT2D eigenvalue weighted by Crippen LogP contribution is -2.30. The number of rotatable bonds is 5. The number of carbonyl (C=O) groups is 2. The maximum absolute atomic E-state index is 13.1. The molecular formula is C23H21N3O3S. The number of nitrogens with one attached hydrogen (secondary N) is 1. The van der Waals surface area contributed by atoms with E-state index < -0.39 is 18.0 Å². The summed E-state index contributed by atoms with van der Waals surface area (Å²) in [5.74, 6) is -0.966. The highest BCUT2D eigenvalue weighted by Crippen LogP contribution is 2.37. The largest absolute Gasteiger partial charge is 0.449 e. The summed E-state index contributed by atoms with van der Waals surface area (Å²) in [5, 5.41) is 12.7. The Hall–Kier alpha value is -3.37. The first-order chi connectivity index (χ1) is 14.6. The van der Waals surface area contributed by atoms with Crippen molar-refractivity contribution >= 4 is 28.9 Å². The van der Waals surface area contributed by atoms with Gasteiger partial charge in [-0.25, -0.2) is 4.79 Å². The maximum atomic E-state index is 13.1. The molecule has 0 spiro atoms. The van der Waals surface area contributed by atoms with E-state index >= 15 is 0 Å². The van der Waals surface area contributed by atoms with Crippen molar-refractivity contribution in [2.24, 2.45) is 0 Å². The average Bonchev–Trinajstić information content (AvgIpc) is 3.41. The Morgan fingerprint density at radius 2 is 1.90 bits per heavy atom. The lowest BCUT2D eigenvalue weighted by atomic mass is 9.95. The van der Waals surface area contributed by atoms with Crippen LogP contribution < -0.4 is 5.32 Å². The zero-order valence-electron chi connectivity index (χ0n) is 16.6. The quantitative estimate of drug-likeness (QED) is 0.618. The Bertz CT molecular complexity index is 1130. The number of amides is 1. The van der Waals surface area contributed by atoms with Gasteiger partial charge in [-0.05, 0) is 62.4 Å². The number of hydrogen-bond acceptors (Lipinski definition) is 5. The van der Waals surface area contributed by atoms with Gasteiger partial charge in [-0.1, -0.05) is 12.1 Å². The fourth-order valence-electron chi connectivity index (χ4n) is 3.61. The molecule has 7 heteroatoms. The molecule has 0 aliphatic heterocycles. The van der Waals surface area contributed by atoms with E-state index in [-0.39, 0.29) is 0 Å². The van der Waals surface area contributed by atoms with Gasteiger partial charge in [0.15, 0.2) is 6.10 Å². The van der Waals surface area contributed by atoms with Gasteiger partial charge in [0.05, 0.1) is 16.8 Å². The van der Waals surface area contributed by atoms with Crippen LogP contribution in [0.2, 0.25) is 0 Å². The number of nitrogens with zero attached hydrogens (tertiary/aromatic N) is 2. The number of anilines is 1. The number of benzene rings is 1. The number of aryl methyl sites for hydroxylation is 1. The minimum atomic E-state index is -0.999. The molecule has 0 bridgehead atoms. The summed E-state index contributed by atoms with van der Waals surface area (Å²) in [6, 6.07) is 12.6. The van der Waals surface area contributed by atoms with Crippen LogP contribution in [0, 0.1) is 11.3 Å². The van der Waals surface area contributed by atoms with Crippen LogP contribution in [0.5, 0.6) is 0 Å². The second-order valence-electron chi connectivity index (χ2n) is 7.18. The number of carbonyl (C=O) groups excluding carboxylic acids is 2. The van der Waals surface area contributed by atoms with Gasteiger partial charge in [-0.15, -0.1) is 11.3 Å². The van der Waals surface area contributed by atoms with Crippen molar-refractivity contribution in [3.63, 3.8) is 0 Å². The number of thiophene rings is 1. The van der Waals surface area contributed by atoms with Crippen LogP contribution in [0.25, 0.3) is 5.00 Å². The molecule has 1 aromatic carbocycles. The molecule has 0 saturated carbocycles. The van der Waals surface area contributed by atoms with Crippen LogP contribution in [0.3, 0.4) is 0 Å². The van der Waals surface area contributed by atoms with Crippen LogP contribution in [0.15, 0.2) is 48.8 Å². The first-order valence-electron chi connectivity index (χ1n) is 9.87. The molecule has 2 aromatic heterocycles. The molecule has 0 unspecified atom stereocenters. The summed E-state index contributed by atoms with van der Waals surface area (Å²) in [4.78, 5) is 26.9. The van der Waals surface area contributed by atoms with Crippen molar-refractivity contribution in [2.75, 3.05) is 5.32 Å². The van der Waals surface area contributed by atoms with Crippen LogP contribution >= 0.6 is 11.3 Å². The number of para-hydroxylation sites is 1. The lowest BCUT2D eigenvalue weighted by molar-refractivity contribution is -0.123. The van der Waals surface area contributed by atoms with E-state index in [4.69, 9.17) is 4.74 Å². The fraction of sp³-hybridized carbons (Fsp3) is 0.261. The molecular weight excluding hydrogens is 398 g/mol. The van der Waals surface area contributed by atoms with Gasteiger partial charge in [0.2, 0.25) is 0 Å². The summed E-state index contributed by atoms with van der Waals surface area (Å²) >= 11 is 1.62. The summed E-state index contributed by atoms with van der Waals surface area (Å²) in [6.07, 6.45) is 6.77. The highest BCUT2D eigenvalue weighted by atomic mass is 32.1. The zero-order chi connectivity index (χ0) is 21.1. The van der Waals surface area contributed by atoms with Crippen molar-refractivity contribution in [1.82, 2.24) is 4.57 Å². The Labute approximate surface area is 178 Å². The van der Waals surface area contributed by atoms with E-state index in [2.05, 4.69) is 5.32 Å². The van der Waals surface area contributed by atoms with Crippen molar-refractivity contribution in [3.05, 3.63) is 70.4 Å². The molecule has 30 heavy (non-hydrogen) atoms. The number of esters is 1. The predicted molar refractivity (Wildman–Crippen MR) is 115 cm³/mol. The van der Waals surface area contributed by atoms with Crippen LogP contribution in [0.4, 0.5) is 5.69 Å². The molecule has 6 nitrogen and oxygen atoms in total. The molecule has 4 rings (SSSR count). The first kappa shape index (κ1) is 19.9. The van der Waals surface area contributed by atoms with E-state index in [0.717, 1.165) is 36.2 Å². The highest BCUT2D eigenvalue weighted by molar-refractivity contribution is 7.15. The van der Waals surface area contributed by atoms with Gasteiger partial charge in [0.25, 0.3) is 5.91 Å². The minimum absolute atomic E-state index is 0.353. The van der Waals surface area contributed by atoms with Crippen LogP contribution in [0.1, 0.15) is 46.1 Å². The van der Waals surface area contributed by atoms with Gasteiger partial charge < -0.3 is 14.6 Å². The first-order valence-corrected chi connectivity index (χ1v) is 10.7. The molecule has 1 amide bonds. The third kappa shape index (κ3) is 3.87. The maximum Gasteiger partial charge on any atom is 0.342 e. The predicted octanol–water partition coefficient (Wildman–Crippen LogP) is 4.47. The molecule has 0 radical (unpaired) electrons. The molecule has 2 heterocycles. The number of nitriles is 1. The Morgan fingerprint density at radius 1 is 1.17 bits per heavy atom. The number of ether oxygens (including phenoxy) is 1. The summed E-state index contributed by atoms with van der Waals surface area (Å²) < 4.78 is 7.49. The lowest BCUT2D eigenvalue weighted by Gasteiger charge is -2.16. The second-order valence-corrected chi connectivity index (χ2v) is 8.26. The smallest absolute Gasteiger partial charge is 0.342 e. The SMILES string of the molecule is C[C@H](OC(=O)c1c(-n2cccc2)sc2c1CCCC2)C(=O)Nc1ccccc1C#N.